The van der Waals surface area contributed by atoms with Crippen molar-refractivity contribution in [2.45, 2.75) is 57.2 Å². The van der Waals surface area contributed by atoms with Crippen molar-refractivity contribution in [3.05, 3.63) is 29.3 Å². The van der Waals surface area contributed by atoms with E-state index in [0.29, 0.717) is 38.2 Å². The van der Waals surface area contributed by atoms with Crippen molar-refractivity contribution in [2.75, 3.05) is 38.1 Å². The van der Waals surface area contributed by atoms with Gasteiger partial charge in [0, 0.05) is 50.4 Å². The number of nitrogens with zero attached hydrogens (tertiary/aromatic N) is 3. The first-order valence-electron chi connectivity index (χ1n) is 12.3. The first-order valence-corrected chi connectivity index (χ1v) is 12.3. The molecule has 0 radical (unpaired) electrons. The third-order valence-electron chi connectivity index (χ3n) is 7.98. The molecule has 3 fully saturated rings. The number of carbonyl (C=O) groups excluding carboxylic acids is 2. The molecule has 2 N–H and O–H groups in total. The van der Waals surface area contributed by atoms with Crippen molar-refractivity contribution in [2.24, 2.45) is 11.3 Å². The SMILES string of the molecule is CNC(=O)C1CN(c2ccc(C#N)c(C(F)(F)F)c2)CC12CCN(C(=O)NC1CCCCC1)CC2. The Bertz CT molecular complexity index is 992. The van der Waals surface area contributed by atoms with Gasteiger partial charge in [-0.05, 0) is 43.9 Å². The number of carbonyl (C=O) groups is 2. The molecule has 3 amide bonds. The number of urea groups is 1. The predicted octanol–water partition coefficient (Wildman–Crippen LogP) is 3.88. The lowest BCUT2D eigenvalue weighted by atomic mass is 9.70. The van der Waals surface area contributed by atoms with Crippen LogP contribution in [0.25, 0.3) is 0 Å². The highest BCUT2D eigenvalue weighted by molar-refractivity contribution is 5.81. The minimum absolute atomic E-state index is 0.0694. The molecular weight excluding hydrogens is 459 g/mol. The van der Waals surface area contributed by atoms with E-state index in [1.54, 1.807) is 18.0 Å². The fourth-order valence-corrected chi connectivity index (χ4v) is 5.94. The average Bonchev–Trinajstić information content (AvgIpc) is 3.22. The molecule has 1 aromatic rings. The van der Waals surface area contributed by atoms with E-state index in [1.165, 1.54) is 18.6 Å². The Kier molecular flexibility index (Phi) is 7.15. The van der Waals surface area contributed by atoms with Crippen LogP contribution in [0.2, 0.25) is 0 Å². The smallest absolute Gasteiger partial charge is 0.370 e. The van der Waals surface area contributed by atoms with Crippen LogP contribution < -0.4 is 15.5 Å². The number of anilines is 1. The van der Waals surface area contributed by atoms with Gasteiger partial charge in [-0.1, -0.05) is 19.3 Å². The predicted molar refractivity (Wildman–Crippen MR) is 125 cm³/mol. The molecule has 7 nitrogen and oxygen atoms in total. The van der Waals surface area contributed by atoms with Gasteiger partial charge < -0.3 is 20.4 Å². The van der Waals surface area contributed by atoms with E-state index < -0.39 is 28.6 Å². The Hall–Kier alpha value is -2.96. The minimum Gasteiger partial charge on any atom is -0.370 e. The summed E-state index contributed by atoms with van der Waals surface area (Å²) in [5.41, 5.74) is -1.48. The molecule has 0 bridgehead atoms. The van der Waals surface area contributed by atoms with E-state index in [-0.39, 0.29) is 24.5 Å². The molecule has 10 heteroatoms. The molecule has 35 heavy (non-hydrogen) atoms. The summed E-state index contributed by atoms with van der Waals surface area (Å²) >= 11 is 0. The van der Waals surface area contributed by atoms with Crippen molar-refractivity contribution in [3.8, 4) is 6.07 Å². The van der Waals surface area contributed by atoms with Crippen LogP contribution >= 0.6 is 0 Å². The Balaban J connectivity index is 1.50. The van der Waals surface area contributed by atoms with E-state index in [2.05, 4.69) is 10.6 Å². The summed E-state index contributed by atoms with van der Waals surface area (Å²) in [6.45, 7) is 1.71. The van der Waals surface area contributed by atoms with Gasteiger partial charge in [-0.3, -0.25) is 4.79 Å². The number of piperidine rings is 1. The number of nitrogens with one attached hydrogen (secondary N) is 2. The number of halogens is 3. The van der Waals surface area contributed by atoms with Crippen molar-refractivity contribution >= 4 is 17.6 Å². The van der Waals surface area contributed by atoms with Crippen molar-refractivity contribution in [1.29, 1.82) is 5.26 Å². The van der Waals surface area contributed by atoms with Crippen LogP contribution in [-0.4, -0.2) is 56.1 Å². The maximum absolute atomic E-state index is 13.5. The number of likely N-dealkylation sites (tertiary alicyclic amines) is 1. The molecule has 1 spiro atoms. The average molecular weight is 492 g/mol. The summed E-state index contributed by atoms with van der Waals surface area (Å²) in [5, 5.41) is 15.0. The van der Waals surface area contributed by atoms with Gasteiger partial charge in [-0.2, -0.15) is 18.4 Å². The Morgan fingerprint density at radius 2 is 1.83 bits per heavy atom. The van der Waals surface area contributed by atoms with E-state index >= 15 is 0 Å². The lowest BCUT2D eigenvalue weighted by Gasteiger charge is -2.42. The Labute approximate surface area is 203 Å². The van der Waals surface area contributed by atoms with Crippen LogP contribution in [0.3, 0.4) is 0 Å². The Morgan fingerprint density at radius 1 is 1.14 bits per heavy atom. The maximum atomic E-state index is 13.5. The summed E-state index contributed by atoms with van der Waals surface area (Å²) in [6.07, 6.45) is 2.02. The van der Waals surface area contributed by atoms with Crippen LogP contribution in [0.4, 0.5) is 23.7 Å². The fourth-order valence-electron chi connectivity index (χ4n) is 5.94. The second-order valence-corrected chi connectivity index (χ2v) is 10.0. The fraction of sp³-hybridized carbons (Fsp3) is 0.640. The third kappa shape index (κ3) is 5.19. The minimum atomic E-state index is -4.64. The summed E-state index contributed by atoms with van der Waals surface area (Å²) in [6, 6.07) is 5.47. The quantitative estimate of drug-likeness (QED) is 0.672. The van der Waals surface area contributed by atoms with E-state index in [4.69, 9.17) is 5.26 Å². The van der Waals surface area contributed by atoms with Gasteiger partial charge in [0.05, 0.1) is 23.1 Å². The zero-order valence-electron chi connectivity index (χ0n) is 20.0. The maximum Gasteiger partial charge on any atom is 0.417 e. The largest absolute Gasteiger partial charge is 0.417 e. The highest BCUT2D eigenvalue weighted by Gasteiger charge is 2.51. The molecule has 1 atom stereocenters. The monoisotopic (exact) mass is 491 g/mol. The highest BCUT2D eigenvalue weighted by atomic mass is 19.4. The van der Waals surface area contributed by atoms with Gasteiger partial charge in [0.15, 0.2) is 0 Å². The molecule has 1 unspecified atom stereocenters. The van der Waals surface area contributed by atoms with Crippen LogP contribution in [0.1, 0.15) is 56.1 Å². The lowest BCUT2D eigenvalue weighted by Crippen LogP contribution is -2.53. The highest BCUT2D eigenvalue weighted by Crippen LogP contribution is 2.47. The van der Waals surface area contributed by atoms with Gasteiger partial charge in [0.2, 0.25) is 5.91 Å². The standard InChI is InChI=1S/C25H32F3N5O2/c1-30-22(34)21-15-33(19-8-7-17(14-29)20(13-19)25(26,27)28)16-24(21)9-11-32(12-10-24)23(35)31-18-5-3-2-4-6-18/h7-8,13,18,21H,2-6,9-12,15-16H2,1H3,(H,30,34)(H,31,35). The van der Waals surface area contributed by atoms with E-state index in [1.807, 2.05) is 4.90 Å². The van der Waals surface area contributed by atoms with Crippen molar-refractivity contribution < 1.29 is 22.8 Å². The first-order chi connectivity index (χ1) is 16.7. The van der Waals surface area contributed by atoms with Crippen LogP contribution in [0.15, 0.2) is 18.2 Å². The zero-order valence-corrected chi connectivity index (χ0v) is 20.0. The second-order valence-electron chi connectivity index (χ2n) is 10.0. The van der Waals surface area contributed by atoms with Gasteiger partial charge in [-0.25, -0.2) is 4.79 Å². The van der Waals surface area contributed by atoms with Gasteiger partial charge in [-0.15, -0.1) is 0 Å². The molecule has 4 rings (SSSR count). The molecule has 3 aliphatic rings. The molecule has 2 saturated heterocycles. The van der Waals surface area contributed by atoms with Crippen LogP contribution in [0, 0.1) is 22.7 Å². The molecule has 0 aromatic heterocycles. The molecule has 2 heterocycles. The van der Waals surface area contributed by atoms with Gasteiger partial charge >= 0.3 is 12.2 Å². The molecule has 1 saturated carbocycles. The number of alkyl halides is 3. The van der Waals surface area contributed by atoms with E-state index in [9.17, 15) is 22.8 Å². The number of rotatable bonds is 3. The number of benzene rings is 1. The molecule has 190 valence electrons. The van der Waals surface area contributed by atoms with Crippen LogP contribution in [-0.2, 0) is 11.0 Å². The normalized spacial score (nSPS) is 22.7. The molecular formula is C25H32F3N5O2. The molecule has 1 aliphatic carbocycles. The zero-order chi connectivity index (χ0) is 25.2. The summed E-state index contributed by atoms with van der Waals surface area (Å²) in [4.78, 5) is 29.2. The third-order valence-corrected chi connectivity index (χ3v) is 7.98. The lowest BCUT2D eigenvalue weighted by molar-refractivity contribution is -0.137. The number of hydrogen-bond donors (Lipinski definition) is 2. The molecule has 2 aliphatic heterocycles. The number of amides is 3. The van der Waals surface area contributed by atoms with Crippen LogP contribution in [0.5, 0.6) is 0 Å². The first kappa shape index (κ1) is 25.1. The summed E-state index contributed by atoms with van der Waals surface area (Å²) in [5.74, 6) is -0.543. The summed E-state index contributed by atoms with van der Waals surface area (Å²) in [7, 11) is 1.56. The number of hydrogen-bond acceptors (Lipinski definition) is 4. The second kappa shape index (κ2) is 9.96. The topological polar surface area (TPSA) is 88.5 Å². The van der Waals surface area contributed by atoms with Crippen molar-refractivity contribution in [1.82, 2.24) is 15.5 Å². The molecule has 1 aromatic carbocycles. The summed E-state index contributed by atoms with van der Waals surface area (Å²) < 4.78 is 40.6. The van der Waals surface area contributed by atoms with Gasteiger partial charge in [0.1, 0.15) is 0 Å². The van der Waals surface area contributed by atoms with Gasteiger partial charge in [0.25, 0.3) is 0 Å². The van der Waals surface area contributed by atoms with E-state index in [0.717, 1.165) is 31.7 Å². The Morgan fingerprint density at radius 3 is 2.43 bits per heavy atom. The van der Waals surface area contributed by atoms with Crippen molar-refractivity contribution in [3.63, 3.8) is 0 Å². The number of nitriles is 1.